The molecule has 0 unspecified atom stereocenters. The number of hydrogen-bond acceptors (Lipinski definition) is 5. The third kappa shape index (κ3) is 7.52. The number of carbonyl (C=O) groups is 1. The summed E-state index contributed by atoms with van der Waals surface area (Å²) < 4.78 is 4.94. The molecule has 138 valence electrons. The van der Waals surface area contributed by atoms with E-state index >= 15 is 0 Å². The number of halogens is 1. The fourth-order valence-corrected chi connectivity index (χ4v) is 3.05. The molecule has 25 heavy (non-hydrogen) atoms. The fourth-order valence-electron chi connectivity index (χ4n) is 2.22. The highest BCUT2D eigenvalue weighted by Crippen LogP contribution is 2.24. The SMILES string of the molecule is CCc1ccc(-c2nc(CC(=O)NCCNCCOC)cs2)cc1.Cl. The Morgan fingerprint density at radius 2 is 1.96 bits per heavy atom. The maximum absolute atomic E-state index is 11.9. The summed E-state index contributed by atoms with van der Waals surface area (Å²) in [6, 6.07) is 8.43. The van der Waals surface area contributed by atoms with E-state index in [1.807, 2.05) is 5.38 Å². The molecule has 2 rings (SSSR count). The molecule has 2 N–H and O–H groups in total. The van der Waals surface area contributed by atoms with Gasteiger partial charge in [-0.1, -0.05) is 31.2 Å². The summed E-state index contributed by atoms with van der Waals surface area (Å²) in [7, 11) is 1.67. The van der Waals surface area contributed by atoms with Crippen LogP contribution >= 0.6 is 23.7 Å². The lowest BCUT2D eigenvalue weighted by Crippen LogP contribution is -2.33. The molecule has 0 saturated heterocycles. The average molecular weight is 384 g/mol. The zero-order valence-electron chi connectivity index (χ0n) is 14.7. The standard InChI is InChI=1S/C18H25N3O2S.ClH/c1-3-14-4-6-15(7-5-14)18-21-16(13-24-18)12-17(22)20-9-8-19-10-11-23-2;/h4-7,13,19H,3,8-12H2,1-2H3,(H,20,22);1H. The first-order valence-electron chi connectivity index (χ1n) is 8.23. The van der Waals surface area contributed by atoms with Crippen molar-refractivity contribution in [1.82, 2.24) is 15.6 Å². The second-order valence-electron chi connectivity index (χ2n) is 5.46. The summed E-state index contributed by atoms with van der Waals surface area (Å²) in [5, 5.41) is 9.00. The quantitative estimate of drug-likeness (QED) is 0.619. The lowest BCUT2D eigenvalue weighted by molar-refractivity contribution is -0.120. The Morgan fingerprint density at radius 3 is 2.64 bits per heavy atom. The molecule has 0 spiro atoms. The molecule has 0 aliphatic carbocycles. The average Bonchev–Trinajstić information content (AvgIpc) is 3.06. The van der Waals surface area contributed by atoms with Crippen LogP contribution in [0.2, 0.25) is 0 Å². The number of thiazole rings is 1. The van der Waals surface area contributed by atoms with Crippen molar-refractivity contribution in [2.45, 2.75) is 19.8 Å². The Morgan fingerprint density at radius 1 is 1.20 bits per heavy atom. The lowest BCUT2D eigenvalue weighted by Gasteiger charge is -2.05. The van der Waals surface area contributed by atoms with Gasteiger partial charge in [-0.15, -0.1) is 23.7 Å². The van der Waals surface area contributed by atoms with E-state index in [4.69, 9.17) is 4.74 Å². The fraction of sp³-hybridized carbons (Fsp3) is 0.444. The number of amides is 1. The molecule has 0 radical (unpaired) electrons. The van der Waals surface area contributed by atoms with Crippen molar-refractivity contribution in [2.75, 3.05) is 33.4 Å². The molecule has 0 aliphatic heterocycles. The minimum atomic E-state index is 0. The van der Waals surface area contributed by atoms with Gasteiger partial charge in [0.15, 0.2) is 0 Å². The van der Waals surface area contributed by atoms with E-state index in [0.717, 1.165) is 35.8 Å². The van der Waals surface area contributed by atoms with Crippen LogP contribution in [0.5, 0.6) is 0 Å². The van der Waals surface area contributed by atoms with Crippen LogP contribution in [-0.2, 0) is 22.4 Å². The molecule has 1 heterocycles. The molecule has 0 aliphatic rings. The maximum Gasteiger partial charge on any atom is 0.226 e. The van der Waals surface area contributed by atoms with E-state index in [2.05, 4.69) is 46.8 Å². The van der Waals surface area contributed by atoms with Gasteiger partial charge >= 0.3 is 0 Å². The summed E-state index contributed by atoms with van der Waals surface area (Å²) in [5.41, 5.74) is 3.24. The monoisotopic (exact) mass is 383 g/mol. The van der Waals surface area contributed by atoms with E-state index in [1.54, 1.807) is 18.4 Å². The van der Waals surface area contributed by atoms with Crippen molar-refractivity contribution >= 4 is 29.7 Å². The molecule has 2 aromatic rings. The first-order valence-corrected chi connectivity index (χ1v) is 9.11. The zero-order chi connectivity index (χ0) is 17.2. The largest absolute Gasteiger partial charge is 0.383 e. The number of aromatic nitrogens is 1. The van der Waals surface area contributed by atoms with Crippen molar-refractivity contribution in [3.05, 3.63) is 40.9 Å². The highest BCUT2D eigenvalue weighted by atomic mass is 35.5. The topological polar surface area (TPSA) is 63.2 Å². The third-order valence-electron chi connectivity index (χ3n) is 3.61. The Labute approximate surface area is 159 Å². The summed E-state index contributed by atoms with van der Waals surface area (Å²) in [5.74, 6) is 0.00159. The molecule has 7 heteroatoms. The van der Waals surface area contributed by atoms with E-state index in [1.165, 1.54) is 5.56 Å². The third-order valence-corrected chi connectivity index (χ3v) is 4.55. The highest BCUT2D eigenvalue weighted by molar-refractivity contribution is 7.13. The van der Waals surface area contributed by atoms with Crippen LogP contribution < -0.4 is 10.6 Å². The van der Waals surface area contributed by atoms with Crippen molar-refractivity contribution < 1.29 is 9.53 Å². The van der Waals surface area contributed by atoms with E-state index < -0.39 is 0 Å². The molecular formula is C18H26ClN3O2S. The van der Waals surface area contributed by atoms with Gasteiger partial charge < -0.3 is 15.4 Å². The number of benzene rings is 1. The molecule has 0 bridgehead atoms. The molecule has 1 amide bonds. The molecular weight excluding hydrogens is 358 g/mol. The molecule has 0 atom stereocenters. The van der Waals surface area contributed by atoms with Gasteiger partial charge in [-0.05, 0) is 12.0 Å². The number of nitrogens with one attached hydrogen (secondary N) is 2. The Bertz CT molecular complexity index is 632. The van der Waals surface area contributed by atoms with Crippen LogP contribution in [0.25, 0.3) is 10.6 Å². The summed E-state index contributed by atoms with van der Waals surface area (Å²) in [4.78, 5) is 16.5. The number of aryl methyl sites for hydroxylation is 1. The van der Waals surface area contributed by atoms with Crippen LogP contribution in [0, 0.1) is 0 Å². The van der Waals surface area contributed by atoms with Gasteiger partial charge in [-0.3, -0.25) is 4.79 Å². The van der Waals surface area contributed by atoms with Gasteiger partial charge in [-0.2, -0.15) is 0 Å². The summed E-state index contributed by atoms with van der Waals surface area (Å²) in [6.45, 7) is 4.95. The molecule has 5 nitrogen and oxygen atoms in total. The first-order chi connectivity index (χ1) is 11.7. The van der Waals surface area contributed by atoms with Crippen LogP contribution in [0.15, 0.2) is 29.6 Å². The minimum absolute atomic E-state index is 0. The number of hydrogen-bond donors (Lipinski definition) is 2. The van der Waals surface area contributed by atoms with Gasteiger partial charge in [0.25, 0.3) is 0 Å². The highest BCUT2D eigenvalue weighted by Gasteiger charge is 2.08. The van der Waals surface area contributed by atoms with E-state index in [0.29, 0.717) is 19.6 Å². The van der Waals surface area contributed by atoms with Crippen molar-refractivity contribution in [1.29, 1.82) is 0 Å². The predicted molar refractivity (Wildman–Crippen MR) is 106 cm³/mol. The number of rotatable bonds is 10. The Balaban J connectivity index is 0.00000312. The smallest absolute Gasteiger partial charge is 0.226 e. The molecule has 0 saturated carbocycles. The summed E-state index contributed by atoms with van der Waals surface area (Å²) >= 11 is 1.58. The Kier molecular flexibility index (Phi) is 10.3. The molecule has 0 fully saturated rings. The van der Waals surface area contributed by atoms with Crippen molar-refractivity contribution in [3.63, 3.8) is 0 Å². The normalized spacial score (nSPS) is 10.3. The minimum Gasteiger partial charge on any atom is -0.383 e. The van der Waals surface area contributed by atoms with Gasteiger partial charge in [0.05, 0.1) is 18.7 Å². The van der Waals surface area contributed by atoms with Gasteiger partial charge in [-0.25, -0.2) is 4.98 Å². The van der Waals surface area contributed by atoms with Crippen molar-refractivity contribution in [2.24, 2.45) is 0 Å². The summed E-state index contributed by atoms with van der Waals surface area (Å²) in [6.07, 6.45) is 1.35. The van der Waals surface area contributed by atoms with E-state index in [9.17, 15) is 4.79 Å². The van der Waals surface area contributed by atoms with Crippen molar-refractivity contribution in [3.8, 4) is 10.6 Å². The maximum atomic E-state index is 11.9. The van der Waals surface area contributed by atoms with Crippen LogP contribution in [0.1, 0.15) is 18.2 Å². The van der Waals surface area contributed by atoms with Gasteiger partial charge in [0.1, 0.15) is 5.01 Å². The predicted octanol–water partition coefficient (Wildman–Crippen LogP) is 2.69. The van der Waals surface area contributed by atoms with E-state index in [-0.39, 0.29) is 18.3 Å². The number of methoxy groups -OCH3 is 1. The van der Waals surface area contributed by atoms with Crippen LogP contribution in [-0.4, -0.2) is 44.2 Å². The Hall–Kier alpha value is -1.47. The molecule has 1 aromatic heterocycles. The van der Waals surface area contributed by atoms with Crippen LogP contribution in [0.4, 0.5) is 0 Å². The number of carbonyl (C=O) groups excluding carboxylic acids is 1. The number of ether oxygens (including phenoxy) is 1. The van der Waals surface area contributed by atoms with Gasteiger partial charge in [0, 0.05) is 37.7 Å². The number of nitrogens with zero attached hydrogens (tertiary/aromatic N) is 1. The van der Waals surface area contributed by atoms with Crippen LogP contribution in [0.3, 0.4) is 0 Å². The molecule has 1 aromatic carbocycles. The zero-order valence-corrected chi connectivity index (χ0v) is 16.3. The van der Waals surface area contributed by atoms with Gasteiger partial charge in [0.2, 0.25) is 5.91 Å². The second kappa shape index (κ2) is 12.0. The lowest BCUT2D eigenvalue weighted by atomic mass is 10.1. The second-order valence-corrected chi connectivity index (χ2v) is 6.32. The first kappa shape index (κ1) is 21.6.